The van der Waals surface area contributed by atoms with E-state index >= 15 is 0 Å². The molecule has 0 saturated heterocycles. The minimum absolute atomic E-state index is 0.146. The molecule has 0 atom stereocenters. The Morgan fingerprint density at radius 3 is 2.85 bits per heavy atom. The van der Waals surface area contributed by atoms with Crippen LogP contribution in [0, 0.1) is 5.82 Å². The van der Waals surface area contributed by atoms with Crippen molar-refractivity contribution >= 4 is 5.91 Å². The van der Waals surface area contributed by atoms with Crippen molar-refractivity contribution in [2.75, 3.05) is 13.2 Å². The first kappa shape index (κ1) is 14.8. The third-order valence-electron chi connectivity index (χ3n) is 3.51. The highest BCUT2D eigenvalue weighted by Gasteiger charge is 2.33. The molecule has 20 heavy (non-hydrogen) atoms. The van der Waals surface area contributed by atoms with Gasteiger partial charge in [-0.1, -0.05) is 18.9 Å². The Labute approximate surface area is 117 Å². The molecule has 4 nitrogen and oxygen atoms in total. The minimum Gasteiger partial charge on any atom is -0.492 e. The number of carbonyl (C=O) groups is 1. The molecule has 5 heteroatoms. The first-order valence-corrected chi connectivity index (χ1v) is 6.95. The van der Waals surface area contributed by atoms with Crippen molar-refractivity contribution in [3.05, 3.63) is 30.1 Å². The van der Waals surface area contributed by atoms with Crippen LogP contribution in [-0.4, -0.2) is 29.8 Å². The summed E-state index contributed by atoms with van der Waals surface area (Å²) in [6, 6.07) is 5.87. The van der Waals surface area contributed by atoms with E-state index in [1.807, 2.05) is 0 Å². The molecule has 1 aromatic rings. The maximum absolute atomic E-state index is 12.9. The first-order chi connectivity index (χ1) is 9.57. The van der Waals surface area contributed by atoms with E-state index in [2.05, 4.69) is 5.32 Å². The Morgan fingerprint density at radius 2 is 2.15 bits per heavy atom. The summed E-state index contributed by atoms with van der Waals surface area (Å²) in [5, 5.41) is 12.8. The summed E-state index contributed by atoms with van der Waals surface area (Å²) in [7, 11) is 0. The van der Waals surface area contributed by atoms with Crippen LogP contribution in [0.1, 0.15) is 32.1 Å². The van der Waals surface area contributed by atoms with Gasteiger partial charge in [0.05, 0.1) is 18.6 Å². The second-order valence-electron chi connectivity index (χ2n) is 5.26. The highest BCUT2D eigenvalue weighted by atomic mass is 19.1. The predicted molar refractivity (Wildman–Crippen MR) is 72.9 cm³/mol. The molecule has 1 amide bonds. The van der Waals surface area contributed by atoms with Crippen LogP contribution < -0.4 is 10.1 Å². The van der Waals surface area contributed by atoms with Crippen LogP contribution in [0.3, 0.4) is 0 Å². The van der Waals surface area contributed by atoms with Gasteiger partial charge in [0.1, 0.15) is 18.2 Å². The van der Waals surface area contributed by atoms with E-state index in [0.717, 1.165) is 12.8 Å². The van der Waals surface area contributed by atoms with Gasteiger partial charge in [0, 0.05) is 6.07 Å². The van der Waals surface area contributed by atoms with E-state index in [9.17, 15) is 14.3 Å². The molecule has 0 bridgehead atoms. The second-order valence-corrected chi connectivity index (χ2v) is 5.26. The molecular weight excluding hydrogens is 261 g/mol. The highest BCUT2D eigenvalue weighted by Crippen LogP contribution is 2.32. The minimum atomic E-state index is -0.826. The maximum atomic E-state index is 12.9. The summed E-state index contributed by atoms with van der Waals surface area (Å²) in [4.78, 5) is 11.7. The number of hydrogen-bond donors (Lipinski definition) is 2. The molecule has 1 aliphatic carbocycles. The van der Waals surface area contributed by atoms with E-state index in [4.69, 9.17) is 4.74 Å². The van der Waals surface area contributed by atoms with Crippen LogP contribution in [-0.2, 0) is 4.79 Å². The van der Waals surface area contributed by atoms with Crippen LogP contribution in [0.5, 0.6) is 5.75 Å². The number of aliphatic hydroxyl groups is 1. The molecule has 1 aliphatic rings. The van der Waals surface area contributed by atoms with Gasteiger partial charge in [-0.25, -0.2) is 4.39 Å². The number of nitrogens with one attached hydrogen (secondary N) is 1. The normalized spacial score (nSPS) is 16.9. The van der Waals surface area contributed by atoms with Crippen LogP contribution >= 0.6 is 0 Å². The Kier molecular flexibility index (Phi) is 4.95. The lowest BCUT2D eigenvalue weighted by molar-refractivity contribution is -0.126. The fourth-order valence-electron chi connectivity index (χ4n) is 2.49. The van der Waals surface area contributed by atoms with E-state index in [1.54, 1.807) is 12.1 Å². The average Bonchev–Trinajstić information content (AvgIpc) is 2.81. The van der Waals surface area contributed by atoms with E-state index in [1.165, 1.54) is 12.1 Å². The summed E-state index contributed by atoms with van der Waals surface area (Å²) in [5.74, 6) is -0.0825. The van der Waals surface area contributed by atoms with Crippen LogP contribution in [0.2, 0.25) is 0 Å². The summed E-state index contributed by atoms with van der Waals surface area (Å²) in [6.45, 7) is 0.610. The fraction of sp³-hybridized carbons (Fsp3) is 0.533. The Bertz CT molecular complexity index is 458. The van der Waals surface area contributed by atoms with Crippen molar-refractivity contribution < 1.29 is 19.0 Å². The third-order valence-corrected chi connectivity index (χ3v) is 3.51. The smallest absolute Gasteiger partial charge is 0.223 e. The van der Waals surface area contributed by atoms with Gasteiger partial charge in [-0.3, -0.25) is 4.79 Å². The zero-order valence-corrected chi connectivity index (χ0v) is 11.4. The van der Waals surface area contributed by atoms with Crippen molar-refractivity contribution in [1.29, 1.82) is 0 Å². The van der Waals surface area contributed by atoms with Crippen LogP contribution in [0.25, 0.3) is 0 Å². The van der Waals surface area contributed by atoms with Crippen molar-refractivity contribution in [2.45, 2.75) is 37.7 Å². The van der Waals surface area contributed by atoms with Gasteiger partial charge in [-0.2, -0.15) is 0 Å². The van der Waals surface area contributed by atoms with Crippen molar-refractivity contribution in [2.24, 2.45) is 0 Å². The number of hydrogen-bond acceptors (Lipinski definition) is 3. The molecule has 1 saturated carbocycles. The van der Waals surface area contributed by atoms with E-state index < -0.39 is 5.60 Å². The predicted octanol–water partition coefficient (Wildman–Crippen LogP) is 2.02. The van der Waals surface area contributed by atoms with Crippen molar-refractivity contribution in [1.82, 2.24) is 5.32 Å². The maximum Gasteiger partial charge on any atom is 0.223 e. The molecular formula is C15H20FNO3. The van der Waals surface area contributed by atoms with Crippen molar-refractivity contribution in [3.63, 3.8) is 0 Å². The number of halogens is 1. The standard InChI is InChI=1S/C15H20FNO3/c16-12-4-3-5-13(10-12)20-9-8-17-14(18)11-15(19)6-1-2-7-15/h3-5,10,19H,1-2,6-9,11H2,(H,17,18). The summed E-state index contributed by atoms with van der Waals surface area (Å²) in [5.41, 5.74) is -0.826. The SMILES string of the molecule is O=C(CC1(O)CCCC1)NCCOc1cccc(F)c1. The molecule has 0 aliphatic heterocycles. The molecule has 2 N–H and O–H groups in total. The quantitative estimate of drug-likeness (QED) is 0.784. The largest absolute Gasteiger partial charge is 0.492 e. The number of ether oxygens (including phenoxy) is 1. The molecule has 1 fully saturated rings. The highest BCUT2D eigenvalue weighted by molar-refractivity contribution is 5.77. The monoisotopic (exact) mass is 281 g/mol. The lowest BCUT2D eigenvalue weighted by Crippen LogP contribution is -2.36. The Hall–Kier alpha value is -1.62. The molecule has 0 radical (unpaired) electrons. The van der Waals surface area contributed by atoms with Gasteiger partial charge < -0.3 is 15.2 Å². The zero-order valence-electron chi connectivity index (χ0n) is 11.4. The van der Waals surface area contributed by atoms with Gasteiger partial charge in [0.2, 0.25) is 5.91 Å². The van der Waals surface area contributed by atoms with Gasteiger partial charge in [0.15, 0.2) is 0 Å². The number of carbonyl (C=O) groups excluding carboxylic acids is 1. The molecule has 0 spiro atoms. The number of benzene rings is 1. The third kappa shape index (κ3) is 4.49. The molecule has 0 heterocycles. The van der Waals surface area contributed by atoms with Gasteiger partial charge in [-0.05, 0) is 25.0 Å². The number of amides is 1. The molecule has 1 aromatic carbocycles. The van der Waals surface area contributed by atoms with E-state index in [-0.39, 0.29) is 24.8 Å². The summed E-state index contributed by atoms with van der Waals surface area (Å²) in [6.07, 6.45) is 3.49. The lowest BCUT2D eigenvalue weighted by Gasteiger charge is -2.21. The molecule has 0 aromatic heterocycles. The van der Waals surface area contributed by atoms with Gasteiger partial charge in [-0.15, -0.1) is 0 Å². The summed E-state index contributed by atoms with van der Waals surface area (Å²) >= 11 is 0. The Morgan fingerprint density at radius 1 is 1.40 bits per heavy atom. The fourth-order valence-corrected chi connectivity index (χ4v) is 2.49. The first-order valence-electron chi connectivity index (χ1n) is 6.95. The van der Waals surface area contributed by atoms with Gasteiger partial charge in [0.25, 0.3) is 0 Å². The van der Waals surface area contributed by atoms with E-state index in [0.29, 0.717) is 25.1 Å². The van der Waals surface area contributed by atoms with Crippen molar-refractivity contribution in [3.8, 4) is 5.75 Å². The second kappa shape index (κ2) is 6.70. The molecule has 2 rings (SSSR count). The zero-order chi connectivity index (χ0) is 14.4. The summed E-state index contributed by atoms with van der Waals surface area (Å²) < 4.78 is 18.2. The van der Waals surface area contributed by atoms with Crippen LogP contribution in [0.15, 0.2) is 24.3 Å². The van der Waals surface area contributed by atoms with Gasteiger partial charge >= 0.3 is 0 Å². The Balaban J connectivity index is 1.64. The average molecular weight is 281 g/mol. The van der Waals surface area contributed by atoms with Crippen LogP contribution in [0.4, 0.5) is 4.39 Å². The molecule has 110 valence electrons. The molecule has 0 unspecified atom stereocenters. The lowest BCUT2D eigenvalue weighted by atomic mass is 9.98. The topological polar surface area (TPSA) is 58.6 Å². The number of rotatable bonds is 6.